The molecule has 24 heavy (non-hydrogen) atoms. The smallest absolute Gasteiger partial charge is 0.240 e. The topological polar surface area (TPSA) is 111 Å². The average molecular weight is 332 g/mol. The number of aromatic nitrogens is 4. The number of hydrogen-bond donors (Lipinski definition) is 1. The summed E-state index contributed by atoms with van der Waals surface area (Å²) in [6, 6.07) is 1.81. The molecule has 0 fully saturated rings. The second-order valence-electron chi connectivity index (χ2n) is 6.10. The van der Waals surface area contributed by atoms with Gasteiger partial charge in [-0.25, -0.2) is 9.97 Å². The van der Waals surface area contributed by atoms with Crippen LogP contribution in [0, 0.1) is 5.92 Å². The highest BCUT2D eigenvalue weighted by Gasteiger charge is 2.15. The molecule has 0 aliphatic rings. The maximum Gasteiger partial charge on any atom is 0.240 e. The second kappa shape index (κ2) is 8.49. The minimum absolute atomic E-state index is 0.0293. The Morgan fingerprint density at radius 1 is 1.29 bits per heavy atom. The highest BCUT2D eigenvalue weighted by atomic mass is 16.5. The maximum atomic E-state index is 12.1. The summed E-state index contributed by atoms with van der Waals surface area (Å²) in [5.41, 5.74) is 6.00. The SMILES string of the molecule is CC(C)C(N)CCN(C)C(=O)CCc1nc(-c2ncccn2)no1. The predicted molar refractivity (Wildman–Crippen MR) is 88.7 cm³/mol. The number of rotatable bonds is 8. The summed E-state index contributed by atoms with van der Waals surface area (Å²) in [6.45, 7) is 4.80. The summed E-state index contributed by atoms with van der Waals surface area (Å²) in [7, 11) is 1.78. The minimum Gasteiger partial charge on any atom is -0.346 e. The molecule has 0 spiro atoms. The highest BCUT2D eigenvalue weighted by molar-refractivity contribution is 5.76. The van der Waals surface area contributed by atoms with Crippen molar-refractivity contribution in [2.45, 2.75) is 39.2 Å². The average Bonchev–Trinajstić information content (AvgIpc) is 3.06. The van der Waals surface area contributed by atoms with Gasteiger partial charge in [0.25, 0.3) is 0 Å². The highest BCUT2D eigenvalue weighted by Crippen LogP contribution is 2.11. The van der Waals surface area contributed by atoms with Gasteiger partial charge < -0.3 is 15.2 Å². The molecule has 0 aliphatic carbocycles. The van der Waals surface area contributed by atoms with Crippen LogP contribution in [0.1, 0.15) is 32.6 Å². The fourth-order valence-electron chi connectivity index (χ4n) is 2.07. The van der Waals surface area contributed by atoms with Crippen LogP contribution in [0.5, 0.6) is 0 Å². The molecule has 1 atom stereocenters. The Morgan fingerprint density at radius 2 is 2.00 bits per heavy atom. The molecule has 2 heterocycles. The van der Waals surface area contributed by atoms with Gasteiger partial charge in [-0.3, -0.25) is 4.79 Å². The van der Waals surface area contributed by atoms with Crippen LogP contribution in [-0.4, -0.2) is 50.5 Å². The van der Waals surface area contributed by atoms with Crippen molar-refractivity contribution in [1.29, 1.82) is 0 Å². The van der Waals surface area contributed by atoms with Crippen molar-refractivity contribution in [2.24, 2.45) is 11.7 Å². The molecule has 1 amide bonds. The van der Waals surface area contributed by atoms with E-state index >= 15 is 0 Å². The molecule has 2 rings (SSSR count). The zero-order valence-corrected chi connectivity index (χ0v) is 14.3. The first-order chi connectivity index (χ1) is 11.5. The molecular weight excluding hydrogens is 308 g/mol. The molecule has 8 heteroatoms. The number of nitrogens with zero attached hydrogens (tertiary/aromatic N) is 5. The number of aryl methyl sites for hydroxylation is 1. The summed E-state index contributed by atoms with van der Waals surface area (Å²) in [4.78, 5) is 26.2. The molecule has 2 N–H and O–H groups in total. The molecule has 8 nitrogen and oxygen atoms in total. The summed E-state index contributed by atoms with van der Waals surface area (Å²) >= 11 is 0. The van der Waals surface area contributed by atoms with Crippen molar-refractivity contribution < 1.29 is 9.32 Å². The largest absolute Gasteiger partial charge is 0.346 e. The number of carbonyl (C=O) groups excluding carboxylic acids is 1. The first kappa shape index (κ1) is 18.0. The summed E-state index contributed by atoms with van der Waals surface area (Å²) in [6.07, 6.45) is 4.71. The molecule has 0 saturated carbocycles. The summed E-state index contributed by atoms with van der Waals surface area (Å²) in [5, 5.41) is 3.84. The van der Waals surface area contributed by atoms with Crippen molar-refractivity contribution in [3.05, 3.63) is 24.4 Å². The Bertz CT molecular complexity index is 643. The number of nitrogens with two attached hydrogens (primary N) is 1. The van der Waals surface area contributed by atoms with Crippen LogP contribution >= 0.6 is 0 Å². The number of hydrogen-bond acceptors (Lipinski definition) is 7. The van der Waals surface area contributed by atoms with Crippen molar-refractivity contribution >= 4 is 5.91 Å². The van der Waals surface area contributed by atoms with Crippen LogP contribution in [0.4, 0.5) is 0 Å². The van der Waals surface area contributed by atoms with Crippen LogP contribution in [0.3, 0.4) is 0 Å². The Balaban J connectivity index is 1.80. The van der Waals surface area contributed by atoms with Gasteiger partial charge in [-0.2, -0.15) is 4.98 Å². The zero-order chi connectivity index (χ0) is 17.5. The summed E-state index contributed by atoms with van der Waals surface area (Å²) < 4.78 is 5.15. The van der Waals surface area contributed by atoms with E-state index in [9.17, 15) is 4.79 Å². The first-order valence-electron chi connectivity index (χ1n) is 8.07. The quantitative estimate of drug-likeness (QED) is 0.775. The van der Waals surface area contributed by atoms with Gasteiger partial charge in [0.15, 0.2) is 0 Å². The van der Waals surface area contributed by atoms with E-state index < -0.39 is 0 Å². The van der Waals surface area contributed by atoms with Crippen molar-refractivity contribution in [1.82, 2.24) is 25.0 Å². The van der Waals surface area contributed by atoms with Crippen molar-refractivity contribution in [3.8, 4) is 11.6 Å². The van der Waals surface area contributed by atoms with E-state index in [4.69, 9.17) is 10.3 Å². The Hall–Kier alpha value is -2.35. The van der Waals surface area contributed by atoms with E-state index in [1.165, 1.54) is 0 Å². The van der Waals surface area contributed by atoms with Gasteiger partial charge in [0, 0.05) is 44.9 Å². The second-order valence-corrected chi connectivity index (χ2v) is 6.10. The molecule has 0 radical (unpaired) electrons. The van der Waals surface area contributed by atoms with Crippen molar-refractivity contribution in [2.75, 3.05) is 13.6 Å². The third-order valence-corrected chi connectivity index (χ3v) is 3.87. The normalized spacial score (nSPS) is 12.4. The molecule has 2 aromatic heterocycles. The van der Waals surface area contributed by atoms with Gasteiger partial charge in [-0.15, -0.1) is 0 Å². The Kier molecular flexibility index (Phi) is 6.36. The zero-order valence-electron chi connectivity index (χ0n) is 14.3. The maximum absolute atomic E-state index is 12.1. The van der Waals surface area contributed by atoms with Gasteiger partial charge >= 0.3 is 0 Å². The Morgan fingerprint density at radius 3 is 2.67 bits per heavy atom. The van der Waals surface area contributed by atoms with Gasteiger partial charge in [-0.05, 0) is 18.4 Å². The molecule has 0 saturated heterocycles. The minimum atomic E-state index is 0.0293. The van der Waals surface area contributed by atoms with Gasteiger partial charge in [0.2, 0.25) is 23.4 Å². The van der Waals surface area contributed by atoms with Gasteiger partial charge in [0.1, 0.15) is 0 Å². The molecule has 0 bridgehead atoms. The van der Waals surface area contributed by atoms with Gasteiger partial charge in [0.05, 0.1) is 0 Å². The fraction of sp³-hybridized carbons (Fsp3) is 0.562. The Labute approximate surface area is 141 Å². The lowest BCUT2D eigenvalue weighted by Gasteiger charge is -2.21. The molecule has 0 aromatic carbocycles. The fourth-order valence-corrected chi connectivity index (χ4v) is 2.07. The summed E-state index contributed by atoms with van der Waals surface area (Å²) in [5.74, 6) is 1.57. The number of carbonyl (C=O) groups is 1. The lowest BCUT2D eigenvalue weighted by molar-refractivity contribution is -0.130. The molecule has 0 aliphatic heterocycles. The van der Waals surface area contributed by atoms with E-state index in [1.807, 2.05) is 0 Å². The standard InChI is InChI=1S/C16H24N6O2/c1-11(2)12(17)7-10-22(3)14(23)6-5-13-20-16(21-24-13)15-18-8-4-9-19-15/h4,8-9,11-12H,5-7,10,17H2,1-3H3. The third-order valence-electron chi connectivity index (χ3n) is 3.87. The number of amides is 1. The van der Waals surface area contributed by atoms with Crippen LogP contribution in [0.15, 0.2) is 23.0 Å². The van der Waals surface area contributed by atoms with Crippen LogP contribution in [0.2, 0.25) is 0 Å². The van der Waals surface area contributed by atoms with E-state index in [2.05, 4.69) is 34.0 Å². The lowest BCUT2D eigenvalue weighted by Crippen LogP contribution is -2.34. The van der Waals surface area contributed by atoms with E-state index in [1.54, 1.807) is 30.4 Å². The third kappa shape index (κ3) is 5.09. The predicted octanol–water partition coefficient (Wildman–Crippen LogP) is 1.29. The van der Waals surface area contributed by atoms with Crippen LogP contribution in [0.25, 0.3) is 11.6 Å². The first-order valence-corrected chi connectivity index (χ1v) is 8.07. The van der Waals surface area contributed by atoms with Crippen molar-refractivity contribution in [3.63, 3.8) is 0 Å². The molecule has 130 valence electrons. The molecular formula is C16H24N6O2. The van der Waals surface area contributed by atoms with E-state index in [0.717, 1.165) is 6.42 Å². The molecule has 1 unspecified atom stereocenters. The lowest BCUT2D eigenvalue weighted by atomic mass is 10.0. The molecule has 2 aromatic rings. The monoisotopic (exact) mass is 332 g/mol. The van der Waals surface area contributed by atoms with Crippen LogP contribution in [-0.2, 0) is 11.2 Å². The van der Waals surface area contributed by atoms with Gasteiger partial charge in [-0.1, -0.05) is 19.0 Å². The van der Waals surface area contributed by atoms with E-state index in [0.29, 0.717) is 42.8 Å². The van der Waals surface area contributed by atoms with E-state index in [-0.39, 0.29) is 11.9 Å². The van der Waals surface area contributed by atoms with Crippen LogP contribution < -0.4 is 5.73 Å².